The van der Waals surface area contributed by atoms with E-state index in [0.717, 1.165) is 12.1 Å². The van der Waals surface area contributed by atoms with Crippen molar-refractivity contribution >= 4 is 33.2 Å². The molecule has 2 aromatic carbocycles. The smallest absolute Gasteiger partial charge is 0.255 e. The molecule has 3 nitrogen and oxygen atoms in total. The third kappa shape index (κ3) is 2.96. The molecule has 0 spiro atoms. The number of carbonyl (C=O) groups is 1. The van der Waals surface area contributed by atoms with Gasteiger partial charge in [-0.15, -0.1) is 0 Å². The van der Waals surface area contributed by atoms with Crippen molar-refractivity contribution in [1.29, 1.82) is 0 Å². The maximum absolute atomic E-state index is 13.6. The average molecular weight is 341 g/mol. The largest absolute Gasteiger partial charge is 0.383 e. The Hall–Kier alpha value is -1.95. The summed E-state index contributed by atoms with van der Waals surface area (Å²) in [6.07, 6.45) is 0. The molecular formula is C14H11BrF2N2O. The normalized spacial score (nSPS) is 10.2. The third-order valence-corrected chi connectivity index (χ3v) is 3.37. The van der Waals surface area contributed by atoms with E-state index in [-0.39, 0.29) is 11.3 Å². The fourth-order valence-electron chi connectivity index (χ4n) is 1.70. The van der Waals surface area contributed by atoms with Gasteiger partial charge in [-0.05, 0) is 40.2 Å². The minimum Gasteiger partial charge on any atom is -0.383 e. The highest BCUT2D eigenvalue weighted by Gasteiger charge is 2.15. The van der Waals surface area contributed by atoms with Crippen LogP contribution < -0.4 is 10.6 Å². The maximum atomic E-state index is 13.6. The van der Waals surface area contributed by atoms with Crippen LogP contribution in [0, 0.1) is 11.6 Å². The van der Waals surface area contributed by atoms with Crippen LogP contribution in [0.4, 0.5) is 20.2 Å². The molecule has 0 aromatic heterocycles. The summed E-state index contributed by atoms with van der Waals surface area (Å²) in [5.74, 6) is -2.22. The Morgan fingerprint density at radius 1 is 1.15 bits per heavy atom. The molecule has 0 heterocycles. The highest BCUT2D eigenvalue weighted by molar-refractivity contribution is 9.10. The average Bonchev–Trinajstić information content (AvgIpc) is 2.41. The minimum atomic E-state index is -0.815. The first-order chi connectivity index (χ1) is 9.52. The van der Waals surface area contributed by atoms with Crippen molar-refractivity contribution in [2.24, 2.45) is 0 Å². The van der Waals surface area contributed by atoms with Crippen molar-refractivity contribution in [2.75, 3.05) is 17.7 Å². The number of benzene rings is 2. The Balaban J connectivity index is 2.29. The third-order valence-electron chi connectivity index (χ3n) is 2.68. The van der Waals surface area contributed by atoms with Crippen LogP contribution in [0.15, 0.2) is 40.9 Å². The lowest BCUT2D eigenvalue weighted by Gasteiger charge is -2.09. The molecule has 0 aliphatic heterocycles. The highest BCUT2D eigenvalue weighted by atomic mass is 79.9. The fraction of sp³-hybridized carbons (Fsp3) is 0.0714. The van der Waals surface area contributed by atoms with Gasteiger partial charge < -0.3 is 10.6 Å². The van der Waals surface area contributed by atoms with Gasteiger partial charge in [0.05, 0.1) is 5.69 Å². The molecule has 0 bridgehead atoms. The molecule has 0 aliphatic carbocycles. The summed E-state index contributed by atoms with van der Waals surface area (Å²) in [6, 6.07) is 8.94. The van der Waals surface area contributed by atoms with E-state index in [1.54, 1.807) is 24.3 Å². The van der Waals surface area contributed by atoms with Gasteiger partial charge in [0.2, 0.25) is 0 Å². The molecule has 0 saturated carbocycles. The van der Waals surface area contributed by atoms with Crippen LogP contribution in [-0.4, -0.2) is 13.0 Å². The first-order valence-electron chi connectivity index (χ1n) is 5.75. The number of hydrogen-bond acceptors (Lipinski definition) is 2. The molecule has 0 unspecified atom stereocenters. The summed E-state index contributed by atoms with van der Waals surface area (Å²) in [6.45, 7) is 0. The number of rotatable bonds is 3. The second-order valence-electron chi connectivity index (χ2n) is 4.00. The number of nitrogens with one attached hydrogen (secondary N) is 2. The van der Waals surface area contributed by atoms with Crippen LogP contribution in [-0.2, 0) is 0 Å². The van der Waals surface area contributed by atoms with Crippen molar-refractivity contribution in [3.63, 3.8) is 0 Å². The number of amides is 1. The van der Waals surface area contributed by atoms with Crippen LogP contribution >= 0.6 is 15.9 Å². The van der Waals surface area contributed by atoms with E-state index in [4.69, 9.17) is 0 Å². The van der Waals surface area contributed by atoms with Gasteiger partial charge in [-0.1, -0.05) is 12.1 Å². The van der Waals surface area contributed by atoms with Crippen molar-refractivity contribution in [3.8, 4) is 0 Å². The predicted molar refractivity (Wildman–Crippen MR) is 78.0 cm³/mol. The molecular weight excluding hydrogens is 330 g/mol. The lowest BCUT2D eigenvalue weighted by atomic mass is 10.1. The van der Waals surface area contributed by atoms with Gasteiger partial charge in [0.1, 0.15) is 17.3 Å². The number of hydrogen-bond donors (Lipinski definition) is 2. The zero-order valence-corrected chi connectivity index (χ0v) is 12.1. The number of halogens is 3. The van der Waals surface area contributed by atoms with E-state index in [2.05, 4.69) is 26.6 Å². The Labute approximate surface area is 123 Å². The SMILES string of the molecule is CNc1c(F)cc(C(=O)Nc2ccccc2Br)cc1F. The quantitative estimate of drug-likeness (QED) is 0.885. The highest BCUT2D eigenvalue weighted by Crippen LogP contribution is 2.24. The Morgan fingerprint density at radius 3 is 2.30 bits per heavy atom. The fourth-order valence-corrected chi connectivity index (χ4v) is 2.08. The molecule has 6 heteroatoms. The van der Waals surface area contributed by atoms with Gasteiger partial charge in [-0.3, -0.25) is 4.79 Å². The van der Waals surface area contributed by atoms with Gasteiger partial charge in [0.15, 0.2) is 0 Å². The molecule has 2 rings (SSSR count). The Kier molecular flexibility index (Phi) is 4.34. The predicted octanol–water partition coefficient (Wildman–Crippen LogP) is 4.02. The monoisotopic (exact) mass is 340 g/mol. The molecule has 0 fully saturated rings. The van der Waals surface area contributed by atoms with Gasteiger partial charge in [0.25, 0.3) is 5.91 Å². The van der Waals surface area contributed by atoms with Gasteiger partial charge in [-0.25, -0.2) is 8.78 Å². The van der Waals surface area contributed by atoms with E-state index in [1.165, 1.54) is 7.05 Å². The van der Waals surface area contributed by atoms with Crippen LogP contribution in [0.1, 0.15) is 10.4 Å². The summed E-state index contributed by atoms with van der Waals surface area (Å²) in [7, 11) is 1.41. The number of para-hydroxylation sites is 1. The lowest BCUT2D eigenvalue weighted by molar-refractivity contribution is 0.102. The van der Waals surface area contributed by atoms with E-state index < -0.39 is 17.5 Å². The van der Waals surface area contributed by atoms with Gasteiger partial charge in [-0.2, -0.15) is 0 Å². The second kappa shape index (κ2) is 6.00. The molecule has 0 radical (unpaired) electrons. The summed E-state index contributed by atoms with van der Waals surface area (Å²) in [5.41, 5.74) is 0.174. The van der Waals surface area contributed by atoms with Crippen LogP contribution in [0.25, 0.3) is 0 Å². The van der Waals surface area contributed by atoms with Gasteiger partial charge in [0, 0.05) is 17.1 Å². The van der Waals surface area contributed by atoms with Crippen molar-refractivity contribution in [1.82, 2.24) is 0 Å². The van der Waals surface area contributed by atoms with Crippen molar-refractivity contribution in [2.45, 2.75) is 0 Å². The summed E-state index contributed by atoms with van der Waals surface area (Å²) in [5, 5.41) is 4.98. The lowest BCUT2D eigenvalue weighted by Crippen LogP contribution is -2.13. The molecule has 20 heavy (non-hydrogen) atoms. The zero-order chi connectivity index (χ0) is 14.7. The molecule has 104 valence electrons. The first kappa shape index (κ1) is 14.5. The van der Waals surface area contributed by atoms with Crippen molar-refractivity contribution in [3.05, 3.63) is 58.1 Å². The standard InChI is InChI=1S/C14H11BrF2N2O/c1-18-13-10(16)6-8(7-11(13)17)14(20)19-12-5-3-2-4-9(12)15/h2-7,18H,1H3,(H,19,20). The summed E-state index contributed by atoms with van der Waals surface area (Å²) < 4.78 is 27.9. The van der Waals surface area contributed by atoms with Crippen LogP contribution in [0.2, 0.25) is 0 Å². The molecule has 2 N–H and O–H groups in total. The van der Waals surface area contributed by atoms with Crippen LogP contribution in [0.5, 0.6) is 0 Å². The summed E-state index contributed by atoms with van der Waals surface area (Å²) in [4.78, 5) is 12.0. The van der Waals surface area contributed by atoms with E-state index in [1.807, 2.05) is 0 Å². The molecule has 0 saturated heterocycles. The van der Waals surface area contributed by atoms with Crippen molar-refractivity contribution < 1.29 is 13.6 Å². The second-order valence-corrected chi connectivity index (χ2v) is 4.85. The Morgan fingerprint density at radius 2 is 1.75 bits per heavy atom. The molecule has 0 aliphatic rings. The van der Waals surface area contributed by atoms with E-state index in [0.29, 0.717) is 10.2 Å². The maximum Gasteiger partial charge on any atom is 0.255 e. The molecule has 2 aromatic rings. The molecule has 0 atom stereocenters. The molecule has 1 amide bonds. The van der Waals surface area contributed by atoms with E-state index in [9.17, 15) is 13.6 Å². The first-order valence-corrected chi connectivity index (χ1v) is 6.55. The zero-order valence-electron chi connectivity index (χ0n) is 10.5. The Bertz CT molecular complexity index is 638. The topological polar surface area (TPSA) is 41.1 Å². The number of carbonyl (C=O) groups excluding carboxylic acids is 1. The number of anilines is 2. The minimum absolute atomic E-state index is 0.0882. The summed E-state index contributed by atoms with van der Waals surface area (Å²) >= 11 is 3.28. The van der Waals surface area contributed by atoms with Gasteiger partial charge >= 0.3 is 0 Å². The van der Waals surface area contributed by atoms with Crippen LogP contribution in [0.3, 0.4) is 0 Å². The van der Waals surface area contributed by atoms with E-state index >= 15 is 0 Å².